The third-order valence-electron chi connectivity index (χ3n) is 2.09. The van der Waals surface area contributed by atoms with Crippen LogP contribution in [0.4, 0.5) is 0 Å². The third kappa shape index (κ3) is 7.76. The summed E-state index contributed by atoms with van der Waals surface area (Å²) in [4.78, 5) is 2.80. The molecular weight excluding hydrogens is 224 g/mol. The molecule has 94 valence electrons. The van der Waals surface area contributed by atoms with Gasteiger partial charge in [0.05, 0.1) is 0 Å². The van der Waals surface area contributed by atoms with Crippen LogP contribution in [0.25, 0.3) is 0 Å². The summed E-state index contributed by atoms with van der Waals surface area (Å²) >= 11 is 1.84. The highest BCUT2D eigenvalue weighted by molar-refractivity contribution is 7.11. The zero-order valence-corrected chi connectivity index (χ0v) is 12.7. The van der Waals surface area contributed by atoms with Gasteiger partial charge in [0.2, 0.25) is 0 Å². The van der Waals surface area contributed by atoms with Crippen LogP contribution < -0.4 is 0 Å². The fraction of sp³-hybridized carbons (Fsp3) is 0.375. The molecule has 0 aliphatic rings. The number of hydrogen-bond acceptors (Lipinski definition) is 1. The number of thiophene rings is 1. The van der Waals surface area contributed by atoms with Gasteiger partial charge in [-0.1, -0.05) is 49.2 Å². The van der Waals surface area contributed by atoms with Crippen molar-refractivity contribution in [1.29, 1.82) is 0 Å². The second-order valence-electron chi connectivity index (χ2n) is 3.81. The molecule has 0 aliphatic carbocycles. The first-order valence-electron chi connectivity index (χ1n) is 6.14. The molecule has 0 fully saturated rings. The average Bonchev–Trinajstić information content (AvgIpc) is 2.70. The number of benzene rings is 1. The first-order chi connectivity index (χ1) is 8.08. The van der Waals surface area contributed by atoms with Crippen molar-refractivity contribution in [1.82, 2.24) is 0 Å². The van der Waals surface area contributed by atoms with E-state index >= 15 is 0 Å². The molecule has 0 atom stereocenters. The molecule has 0 radical (unpaired) electrons. The zero-order chi connectivity index (χ0) is 13.3. The lowest BCUT2D eigenvalue weighted by Gasteiger charge is -1.90. The summed E-state index contributed by atoms with van der Waals surface area (Å²) < 4.78 is 0. The van der Waals surface area contributed by atoms with E-state index < -0.39 is 0 Å². The molecule has 0 unspecified atom stereocenters. The summed E-state index contributed by atoms with van der Waals surface area (Å²) in [6, 6.07) is 12.8. The molecule has 0 saturated heterocycles. The minimum absolute atomic E-state index is 1.33. The lowest BCUT2D eigenvalue weighted by atomic mass is 10.2. The molecule has 0 bridgehead atoms. The van der Waals surface area contributed by atoms with E-state index in [0.717, 1.165) is 0 Å². The van der Waals surface area contributed by atoms with Crippen molar-refractivity contribution in [3.63, 3.8) is 0 Å². The lowest BCUT2D eigenvalue weighted by Crippen LogP contribution is -1.70. The number of aryl methyl sites for hydroxylation is 4. The van der Waals surface area contributed by atoms with Crippen molar-refractivity contribution < 1.29 is 0 Å². The normalized spacial score (nSPS) is 8.59. The summed E-state index contributed by atoms with van der Waals surface area (Å²) in [5.74, 6) is 0. The van der Waals surface area contributed by atoms with Crippen molar-refractivity contribution in [3.8, 4) is 0 Å². The quantitative estimate of drug-likeness (QED) is 0.561. The second kappa shape index (κ2) is 9.00. The van der Waals surface area contributed by atoms with Gasteiger partial charge in [0.25, 0.3) is 0 Å². The van der Waals surface area contributed by atoms with Gasteiger partial charge in [-0.15, -0.1) is 11.3 Å². The molecule has 17 heavy (non-hydrogen) atoms. The van der Waals surface area contributed by atoms with E-state index in [1.165, 1.54) is 20.9 Å². The van der Waals surface area contributed by atoms with Crippen molar-refractivity contribution in [3.05, 3.63) is 57.3 Å². The highest BCUT2D eigenvalue weighted by atomic mass is 32.1. The molecule has 0 saturated carbocycles. The van der Waals surface area contributed by atoms with Crippen LogP contribution in [-0.2, 0) is 0 Å². The maximum absolute atomic E-state index is 2.14. The Balaban J connectivity index is 0.000000265. The van der Waals surface area contributed by atoms with Gasteiger partial charge in [-0.3, -0.25) is 0 Å². The fourth-order valence-electron chi connectivity index (χ4n) is 1.19. The summed E-state index contributed by atoms with van der Waals surface area (Å²) in [5.41, 5.74) is 2.66. The van der Waals surface area contributed by atoms with Gasteiger partial charge in [0, 0.05) is 9.75 Å². The molecule has 2 rings (SSSR count). The molecule has 1 heterocycles. The predicted molar refractivity (Wildman–Crippen MR) is 81.1 cm³/mol. The van der Waals surface area contributed by atoms with Crippen molar-refractivity contribution in [2.24, 2.45) is 0 Å². The molecule has 0 nitrogen and oxygen atoms in total. The second-order valence-corrected chi connectivity index (χ2v) is 5.30. The Morgan fingerprint density at radius 1 is 0.588 bits per heavy atom. The molecule has 1 aromatic heterocycles. The Morgan fingerprint density at radius 3 is 1.06 bits per heavy atom. The fourth-order valence-corrected chi connectivity index (χ4v) is 1.97. The Kier molecular flexibility index (Phi) is 8.43. The first-order valence-corrected chi connectivity index (χ1v) is 6.96. The number of rotatable bonds is 0. The highest BCUT2D eigenvalue weighted by Gasteiger charge is 1.84. The predicted octanol–water partition coefficient (Wildman–Crippen LogP) is 5.69. The largest absolute Gasteiger partial charge is 0.146 e. The summed E-state index contributed by atoms with van der Waals surface area (Å²) in [5, 5.41) is 0. The Labute approximate surface area is 110 Å². The topological polar surface area (TPSA) is 0 Å². The van der Waals surface area contributed by atoms with Crippen LogP contribution in [0.3, 0.4) is 0 Å². The summed E-state index contributed by atoms with van der Waals surface area (Å²) in [6.07, 6.45) is 0. The van der Waals surface area contributed by atoms with Gasteiger partial charge in [-0.05, 0) is 39.8 Å². The maximum atomic E-state index is 2.14. The monoisotopic (exact) mass is 248 g/mol. The standard InChI is InChI=1S/C8H10.C6H8S.C2H6/c1-7-3-5-8(2)6-4-7;1-5-3-4-6(2)7-5;1-2/h3-6H,1-2H3;3-4H,1-2H3;1-2H3. The smallest absolute Gasteiger partial charge is 0.00170 e. The Bertz CT molecular complexity index is 358. The molecule has 0 aliphatic heterocycles. The molecule has 0 amide bonds. The van der Waals surface area contributed by atoms with E-state index in [9.17, 15) is 0 Å². The Hall–Kier alpha value is -1.08. The van der Waals surface area contributed by atoms with E-state index in [4.69, 9.17) is 0 Å². The van der Waals surface area contributed by atoms with Crippen LogP contribution in [0.1, 0.15) is 34.7 Å². The van der Waals surface area contributed by atoms with E-state index in [1.54, 1.807) is 0 Å². The summed E-state index contributed by atoms with van der Waals surface area (Å²) in [6.45, 7) is 12.4. The molecule has 1 aromatic carbocycles. The van der Waals surface area contributed by atoms with Crippen LogP contribution in [0.15, 0.2) is 36.4 Å². The Morgan fingerprint density at radius 2 is 0.882 bits per heavy atom. The molecule has 0 N–H and O–H groups in total. The van der Waals surface area contributed by atoms with E-state index in [2.05, 4.69) is 64.1 Å². The van der Waals surface area contributed by atoms with Gasteiger partial charge < -0.3 is 0 Å². The van der Waals surface area contributed by atoms with Crippen molar-refractivity contribution in [2.45, 2.75) is 41.5 Å². The van der Waals surface area contributed by atoms with Crippen LogP contribution >= 0.6 is 11.3 Å². The number of hydrogen-bond donors (Lipinski definition) is 0. The van der Waals surface area contributed by atoms with Gasteiger partial charge in [-0.2, -0.15) is 0 Å². The maximum Gasteiger partial charge on any atom is 0.00170 e. The van der Waals surface area contributed by atoms with Crippen molar-refractivity contribution in [2.75, 3.05) is 0 Å². The van der Waals surface area contributed by atoms with Gasteiger partial charge >= 0.3 is 0 Å². The average molecular weight is 248 g/mol. The lowest BCUT2D eigenvalue weighted by molar-refractivity contribution is 1.40. The van der Waals surface area contributed by atoms with E-state index in [0.29, 0.717) is 0 Å². The van der Waals surface area contributed by atoms with Gasteiger partial charge in [0.15, 0.2) is 0 Å². The van der Waals surface area contributed by atoms with Crippen molar-refractivity contribution >= 4 is 11.3 Å². The molecular formula is C16H24S. The van der Waals surface area contributed by atoms with Gasteiger partial charge in [-0.25, -0.2) is 0 Å². The van der Waals surface area contributed by atoms with E-state index in [1.807, 2.05) is 25.2 Å². The minimum Gasteiger partial charge on any atom is -0.146 e. The van der Waals surface area contributed by atoms with E-state index in [-0.39, 0.29) is 0 Å². The minimum atomic E-state index is 1.33. The first kappa shape index (κ1) is 15.9. The van der Waals surface area contributed by atoms with Crippen LogP contribution in [0.5, 0.6) is 0 Å². The van der Waals surface area contributed by atoms with Crippen LogP contribution in [0, 0.1) is 27.7 Å². The molecule has 0 spiro atoms. The summed E-state index contributed by atoms with van der Waals surface area (Å²) in [7, 11) is 0. The molecule has 2 aromatic rings. The highest BCUT2D eigenvalue weighted by Crippen LogP contribution is 2.12. The zero-order valence-electron chi connectivity index (χ0n) is 11.9. The SMILES string of the molecule is CC.Cc1ccc(C)cc1.Cc1ccc(C)s1. The van der Waals surface area contributed by atoms with Gasteiger partial charge in [0.1, 0.15) is 0 Å². The van der Waals surface area contributed by atoms with Crippen LogP contribution in [-0.4, -0.2) is 0 Å². The molecule has 1 heteroatoms. The van der Waals surface area contributed by atoms with Crippen LogP contribution in [0.2, 0.25) is 0 Å². The third-order valence-corrected chi connectivity index (χ3v) is 3.01.